The third-order valence-corrected chi connectivity index (χ3v) is 3.63. The summed E-state index contributed by atoms with van der Waals surface area (Å²) in [4.78, 5) is 0. The summed E-state index contributed by atoms with van der Waals surface area (Å²) in [6, 6.07) is 8.81. The highest BCUT2D eigenvalue weighted by molar-refractivity contribution is 5.23. The van der Waals surface area contributed by atoms with Crippen LogP contribution < -0.4 is 5.32 Å². The average Bonchev–Trinajstić information content (AvgIpc) is 2.36. The highest BCUT2D eigenvalue weighted by Gasteiger charge is 2.22. The molecule has 2 heteroatoms. The summed E-state index contributed by atoms with van der Waals surface area (Å²) in [5.41, 5.74) is 1.98. The predicted molar refractivity (Wildman–Crippen MR) is 73.1 cm³/mol. The molecule has 0 aliphatic heterocycles. The van der Waals surface area contributed by atoms with Crippen molar-refractivity contribution in [3.63, 3.8) is 0 Å². The fraction of sp³-hybridized carbons (Fsp3) is 0.600. The van der Waals surface area contributed by atoms with E-state index in [1.807, 2.05) is 13.8 Å². The van der Waals surface area contributed by atoms with Gasteiger partial charge in [-0.05, 0) is 32.3 Å². The lowest BCUT2D eigenvalue weighted by atomic mass is 9.96. The Morgan fingerprint density at radius 1 is 1.18 bits per heavy atom. The maximum atomic E-state index is 10.2. The van der Waals surface area contributed by atoms with Crippen molar-refractivity contribution in [2.45, 2.75) is 52.2 Å². The van der Waals surface area contributed by atoms with E-state index in [9.17, 15) is 5.11 Å². The number of hydrogen-bond donors (Lipinski definition) is 2. The second-order valence-electron chi connectivity index (χ2n) is 4.94. The zero-order chi connectivity index (χ0) is 12.9. The van der Waals surface area contributed by atoms with E-state index in [1.54, 1.807) is 0 Å². The van der Waals surface area contributed by atoms with E-state index >= 15 is 0 Å². The Bertz CT molecular complexity index is 327. The number of hydrogen-bond acceptors (Lipinski definition) is 2. The molecule has 17 heavy (non-hydrogen) atoms. The van der Waals surface area contributed by atoms with Crippen LogP contribution in [-0.2, 0) is 0 Å². The summed E-state index contributed by atoms with van der Waals surface area (Å²) >= 11 is 0. The van der Waals surface area contributed by atoms with E-state index in [0.29, 0.717) is 6.54 Å². The van der Waals surface area contributed by atoms with Crippen LogP contribution >= 0.6 is 0 Å². The topological polar surface area (TPSA) is 32.3 Å². The van der Waals surface area contributed by atoms with Crippen LogP contribution in [0.2, 0.25) is 0 Å². The molecule has 0 unspecified atom stereocenters. The molecule has 1 aromatic rings. The van der Waals surface area contributed by atoms with Crippen LogP contribution in [0.15, 0.2) is 24.3 Å². The highest BCUT2D eigenvalue weighted by atomic mass is 16.3. The van der Waals surface area contributed by atoms with Gasteiger partial charge in [-0.2, -0.15) is 0 Å². The van der Waals surface area contributed by atoms with Gasteiger partial charge in [0.15, 0.2) is 0 Å². The average molecular weight is 235 g/mol. The molecule has 0 spiro atoms. The largest absolute Gasteiger partial charge is 0.389 e. The first-order valence-electron chi connectivity index (χ1n) is 6.53. The van der Waals surface area contributed by atoms with Crippen molar-refractivity contribution in [2.75, 3.05) is 6.54 Å². The van der Waals surface area contributed by atoms with Crippen molar-refractivity contribution in [3.05, 3.63) is 35.4 Å². The second kappa shape index (κ2) is 6.18. The summed E-state index contributed by atoms with van der Waals surface area (Å²) < 4.78 is 0. The molecule has 0 amide bonds. The van der Waals surface area contributed by atoms with Gasteiger partial charge in [-0.25, -0.2) is 0 Å². The SMILES string of the molecule is CCC(O)(CC)CN[C@H](C)c1ccc(C)cc1. The van der Waals surface area contributed by atoms with Crippen molar-refractivity contribution in [2.24, 2.45) is 0 Å². The number of rotatable bonds is 6. The van der Waals surface area contributed by atoms with Gasteiger partial charge in [0.1, 0.15) is 0 Å². The summed E-state index contributed by atoms with van der Waals surface area (Å²) in [5, 5.41) is 13.6. The fourth-order valence-corrected chi connectivity index (χ4v) is 1.82. The number of aliphatic hydroxyl groups is 1. The molecule has 0 bridgehead atoms. The van der Waals surface area contributed by atoms with Gasteiger partial charge in [0, 0.05) is 12.6 Å². The Morgan fingerprint density at radius 3 is 2.18 bits per heavy atom. The van der Waals surface area contributed by atoms with Gasteiger partial charge in [0.25, 0.3) is 0 Å². The maximum absolute atomic E-state index is 10.2. The lowest BCUT2D eigenvalue weighted by Crippen LogP contribution is -2.40. The Kier molecular flexibility index (Phi) is 5.16. The maximum Gasteiger partial charge on any atom is 0.0766 e. The van der Waals surface area contributed by atoms with Gasteiger partial charge in [0.2, 0.25) is 0 Å². The van der Waals surface area contributed by atoms with Crippen LogP contribution in [0.4, 0.5) is 0 Å². The molecule has 1 rings (SSSR count). The fourth-order valence-electron chi connectivity index (χ4n) is 1.82. The summed E-state index contributed by atoms with van der Waals surface area (Å²) in [7, 11) is 0. The minimum atomic E-state index is -0.570. The van der Waals surface area contributed by atoms with Gasteiger partial charge in [-0.3, -0.25) is 0 Å². The van der Waals surface area contributed by atoms with Crippen molar-refractivity contribution in [1.82, 2.24) is 5.32 Å². The van der Waals surface area contributed by atoms with E-state index in [4.69, 9.17) is 0 Å². The van der Waals surface area contributed by atoms with Crippen LogP contribution in [0.5, 0.6) is 0 Å². The van der Waals surface area contributed by atoms with Crippen molar-refractivity contribution in [1.29, 1.82) is 0 Å². The number of aryl methyl sites for hydroxylation is 1. The second-order valence-corrected chi connectivity index (χ2v) is 4.94. The molecule has 0 aliphatic carbocycles. The van der Waals surface area contributed by atoms with Crippen LogP contribution in [0.25, 0.3) is 0 Å². The molecule has 0 aliphatic rings. The van der Waals surface area contributed by atoms with E-state index < -0.39 is 5.60 Å². The summed E-state index contributed by atoms with van der Waals surface area (Å²) in [6.07, 6.45) is 1.58. The molecular formula is C15H25NO. The van der Waals surface area contributed by atoms with Gasteiger partial charge >= 0.3 is 0 Å². The number of nitrogens with one attached hydrogen (secondary N) is 1. The molecule has 2 nitrogen and oxygen atoms in total. The standard InChI is InChI=1S/C15H25NO/c1-5-15(17,6-2)11-16-13(4)14-9-7-12(3)8-10-14/h7-10,13,16-17H,5-6,11H2,1-4H3/t13-/m1/s1. The van der Waals surface area contributed by atoms with E-state index in [2.05, 4.69) is 43.4 Å². The van der Waals surface area contributed by atoms with Gasteiger partial charge < -0.3 is 10.4 Å². The molecule has 0 fully saturated rings. The molecule has 0 radical (unpaired) electrons. The van der Waals surface area contributed by atoms with Crippen molar-refractivity contribution < 1.29 is 5.11 Å². The lowest BCUT2D eigenvalue weighted by molar-refractivity contribution is 0.0303. The zero-order valence-electron chi connectivity index (χ0n) is 11.5. The molecule has 2 N–H and O–H groups in total. The first-order chi connectivity index (χ1) is 8.00. The van der Waals surface area contributed by atoms with E-state index in [0.717, 1.165) is 12.8 Å². The van der Waals surface area contributed by atoms with Gasteiger partial charge in [-0.15, -0.1) is 0 Å². The number of benzene rings is 1. The summed E-state index contributed by atoms with van der Waals surface area (Å²) in [5.74, 6) is 0. The molecular weight excluding hydrogens is 210 g/mol. The first kappa shape index (κ1) is 14.2. The molecule has 0 heterocycles. The Hall–Kier alpha value is -0.860. The van der Waals surface area contributed by atoms with Crippen molar-refractivity contribution >= 4 is 0 Å². The molecule has 0 saturated heterocycles. The molecule has 0 aromatic heterocycles. The molecule has 1 atom stereocenters. The quantitative estimate of drug-likeness (QED) is 0.793. The van der Waals surface area contributed by atoms with Crippen LogP contribution in [0, 0.1) is 6.92 Å². The predicted octanol–water partition coefficient (Wildman–Crippen LogP) is 3.20. The van der Waals surface area contributed by atoms with E-state index in [-0.39, 0.29) is 6.04 Å². The van der Waals surface area contributed by atoms with Gasteiger partial charge in [-0.1, -0.05) is 43.7 Å². The first-order valence-corrected chi connectivity index (χ1v) is 6.53. The molecule has 96 valence electrons. The smallest absolute Gasteiger partial charge is 0.0766 e. The Balaban J connectivity index is 2.55. The van der Waals surface area contributed by atoms with Crippen LogP contribution in [0.3, 0.4) is 0 Å². The Labute approximate surface area is 105 Å². The van der Waals surface area contributed by atoms with Gasteiger partial charge in [0.05, 0.1) is 5.60 Å². The third-order valence-electron chi connectivity index (χ3n) is 3.63. The van der Waals surface area contributed by atoms with E-state index in [1.165, 1.54) is 11.1 Å². The van der Waals surface area contributed by atoms with Crippen LogP contribution in [-0.4, -0.2) is 17.3 Å². The molecule has 0 saturated carbocycles. The monoisotopic (exact) mass is 235 g/mol. The summed E-state index contributed by atoms with van der Waals surface area (Å²) in [6.45, 7) is 8.93. The minimum Gasteiger partial charge on any atom is -0.389 e. The normalized spacial score (nSPS) is 13.7. The molecule has 1 aromatic carbocycles. The zero-order valence-corrected chi connectivity index (χ0v) is 11.5. The van der Waals surface area contributed by atoms with Crippen LogP contribution in [0.1, 0.15) is 50.8 Å². The highest BCUT2D eigenvalue weighted by Crippen LogP contribution is 2.17. The third kappa shape index (κ3) is 4.14. The Morgan fingerprint density at radius 2 is 1.71 bits per heavy atom. The lowest BCUT2D eigenvalue weighted by Gasteiger charge is -2.27. The minimum absolute atomic E-state index is 0.278. The van der Waals surface area contributed by atoms with Crippen molar-refractivity contribution in [3.8, 4) is 0 Å².